The first-order valence-corrected chi connectivity index (χ1v) is 12.3. The van der Waals surface area contributed by atoms with E-state index in [1.807, 2.05) is 23.6 Å². The van der Waals surface area contributed by atoms with Crippen molar-refractivity contribution in [3.05, 3.63) is 59.4 Å². The predicted molar refractivity (Wildman–Crippen MR) is 124 cm³/mol. The number of aromatic nitrogens is 2. The second-order valence-electron chi connectivity index (χ2n) is 7.71. The molecule has 0 fully saturated rings. The molecular weight excluding hydrogens is 444 g/mol. The van der Waals surface area contributed by atoms with Crippen LogP contribution in [-0.2, 0) is 32.7 Å². The summed E-state index contributed by atoms with van der Waals surface area (Å²) in [4.78, 5) is 28.9. The zero-order valence-corrected chi connectivity index (χ0v) is 19.5. The molecule has 1 heterocycles. The fraction of sp³-hybridized carbons (Fsp3) is 0.348. The Morgan fingerprint density at radius 3 is 2.64 bits per heavy atom. The molecule has 0 aliphatic heterocycles. The molecule has 3 rings (SSSR count). The van der Waals surface area contributed by atoms with Gasteiger partial charge in [-0.1, -0.05) is 31.5 Å². The normalized spacial score (nSPS) is 11.5. The number of unbranched alkanes of at least 4 members (excludes halogenated alkanes) is 1. The van der Waals surface area contributed by atoms with Gasteiger partial charge in [-0.3, -0.25) is 9.59 Å². The van der Waals surface area contributed by atoms with Crippen LogP contribution in [-0.4, -0.2) is 36.4 Å². The Hall–Kier alpha value is -3.24. The third-order valence-electron chi connectivity index (χ3n) is 5.23. The largest absolute Gasteiger partial charge is 0.457 e. The molecule has 0 radical (unpaired) electrons. The molecule has 1 amide bonds. The van der Waals surface area contributed by atoms with Gasteiger partial charge in [0, 0.05) is 18.7 Å². The number of carbonyl (C=O) groups is 2. The van der Waals surface area contributed by atoms with E-state index in [9.17, 15) is 18.0 Å². The lowest BCUT2D eigenvalue weighted by Crippen LogP contribution is -2.27. The minimum absolute atomic E-state index is 0.0162. The summed E-state index contributed by atoms with van der Waals surface area (Å²) in [6.07, 6.45) is 1.85. The van der Waals surface area contributed by atoms with Crippen LogP contribution < -0.4 is 10.5 Å². The molecule has 3 N–H and O–H groups in total. The van der Waals surface area contributed by atoms with Gasteiger partial charge in [0.15, 0.2) is 0 Å². The first-order valence-electron chi connectivity index (χ1n) is 10.7. The predicted octanol–water partition coefficient (Wildman–Crippen LogP) is 2.66. The van der Waals surface area contributed by atoms with Crippen molar-refractivity contribution in [3.8, 4) is 0 Å². The van der Waals surface area contributed by atoms with Crippen LogP contribution in [0.15, 0.2) is 47.4 Å². The van der Waals surface area contributed by atoms with E-state index in [0.29, 0.717) is 23.4 Å². The number of aryl methyl sites for hydroxylation is 2. The van der Waals surface area contributed by atoms with Gasteiger partial charge < -0.3 is 14.6 Å². The highest BCUT2D eigenvalue weighted by atomic mass is 32.2. The maximum atomic E-state index is 12.2. The van der Waals surface area contributed by atoms with E-state index in [1.165, 1.54) is 12.1 Å². The number of carbonyl (C=O) groups excluding carboxylic acids is 2. The van der Waals surface area contributed by atoms with Crippen molar-refractivity contribution in [1.82, 2.24) is 14.9 Å². The van der Waals surface area contributed by atoms with E-state index in [2.05, 4.69) is 17.2 Å². The molecule has 1 aromatic heterocycles. The topological polar surface area (TPSA) is 133 Å². The van der Waals surface area contributed by atoms with Crippen molar-refractivity contribution in [2.24, 2.45) is 5.14 Å². The van der Waals surface area contributed by atoms with Crippen LogP contribution in [0.4, 0.5) is 0 Å². The number of ether oxygens (including phenoxy) is 1. The summed E-state index contributed by atoms with van der Waals surface area (Å²) in [7, 11) is -3.85. The van der Waals surface area contributed by atoms with E-state index in [1.54, 1.807) is 18.2 Å². The van der Waals surface area contributed by atoms with Gasteiger partial charge in [-0.25, -0.2) is 18.5 Å². The monoisotopic (exact) mass is 472 g/mol. The van der Waals surface area contributed by atoms with Crippen molar-refractivity contribution in [1.29, 1.82) is 0 Å². The van der Waals surface area contributed by atoms with Crippen LogP contribution >= 0.6 is 0 Å². The van der Waals surface area contributed by atoms with Crippen molar-refractivity contribution in [2.45, 2.75) is 51.2 Å². The fourth-order valence-electron chi connectivity index (χ4n) is 3.43. The second-order valence-corrected chi connectivity index (χ2v) is 9.27. The van der Waals surface area contributed by atoms with Gasteiger partial charge in [0.25, 0.3) is 5.91 Å². The number of nitrogens with two attached hydrogens (primary N) is 1. The van der Waals surface area contributed by atoms with Crippen LogP contribution in [0.5, 0.6) is 0 Å². The number of primary sulfonamides is 1. The summed E-state index contributed by atoms with van der Waals surface area (Å²) in [5.74, 6) is -0.199. The zero-order chi connectivity index (χ0) is 24.0. The molecule has 3 aromatic rings. The molecule has 33 heavy (non-hydrogen) atoms. The smallest absolute Gasteiger partial charge is 0.308 e. The van der Waals surface area contributed by atoms with Crippen molar-refractivity contribution in [3.63, 3.8) is 0 Å². The van der Waals surface area contributed by atoms with E-state index in [-0.39, 0.29) is 30.4 Å². The Morgan fingerprint density at radius 2 is 1.94 bits per heavy atom. The Labute approximate surface area is 193 Å². The van der Waals surface area contributed by atoms with Crippen LogP contribution in [0.1, 0.15) is 47.9 Å². The highest BCUT2D eigenvalue weighted by Crippen LogP contribution is 2.21. The van der Waals surface area contributed by atoms with Crippen LogP contribution in [0.2, 0.25) is 0 Å². The van der Waals surface area contributed by atoms with Gasteiger partial charge in [0.05, 0.1) is 22.3 Å². The molecule has 0 bridgehead atoms. The lowest BCUT2D eigenvalue weighted by molar-refractivity contribution is -0.145. The molecule has 0 saturated heterocycles. The third-order valence-corrected chi connectivity index (χ3v) is 6.14. The number of esters is 1. The fourth-order valence-corrected chi connectivity index (χ4v) is 3.96. The van der Waals surface area contributed by atoms with Crippen LogP contribution in [0.25, 0.3) is 11.0 Å². The molecule has 0 unspecified atom stereocenters. The molecule has 2 aromatic carbocycles. The Bertz CT molecular complexity index is 1270. The van der Waals surface area contributed by atoms with Gasteiger partial charge in [-0.15, -0.1) is 0 Å². The van der Waals surface area contributed by atoms with E-state index >= 15 is 0 Å². The number of fused-ring (bicyclic) bond motifs is 1. The molecule has 9 nitrogen and oxygen atoms in total. The number of amides is 1. The van der Waals surface area contributed by atoms with Crippen LogP contribution in [0, 0.1) is 6.92 Å². The number of hydrogen-bond acceptors (Lipinski definition) is 6. The maximum Gasteiger partial charge on any atom is 0.308 e. The Kier molecular flexibility index (Phi) is 7.83. The average Bonchev–Trinajstić information content (AvgIpc) is 3.12. The zero-order valence-electron chi connectivity index (χ0n) is 18.7. The van der Waals surface area contributed by atoms with Crippen molar-refractivity contribution in [2.75, 3.05) is 6.54 Å². The molecule has 0 atom stereocenters. The van der Waals surface area contributed by atoms with Crippen molar-refractivity contribution < 1.29 is 22.7 Å². The summed E-state index contributed by atoms with van der Waals surface area (Å²) in [5, 5.41) is 7.94. The molecule has 10 heteroatoms. The minimum Gasteiger partial charge on any atom is -0.457 e. The molecule has 0 saturated carbocycles. The number of hydrogen-bond donors (Lipinski definition) is 2. The maximum absolute atomic E-state index is 12.2. The Balaban J connectivity index is 1.63. The number of sulfonamides is 1. The first kappa shape index (κ1) is 24.4. The molecular formula is C23H28N4O5S. The SMILES string of the molecule is CCCCn1c(COC(=O)CCNC(=O)c2ccccc2C)nc2cc(S(N)(=O)=O)ccc21. The highest BCUT2D eigenvalue weighted by molar-refractivity contribution is 7.89. The number of nitrogens with one attached hydrogen (secondary N) is 1. The summed E-state index contributed by atoms with van der Waals surface area (Å²) in [5.41, 5.74) is 2.63. The first-order chi connectivity index (χ1) is 15.7. The summed E-state index contributed by atoms with van der Waals surface area (Å²) < 4.78 is 30.6. The van der Waals surface area contributed by atoms with Gasteiger partial charge in [-0.05, 0) is 43.2 Å². The molecule has 0 aliphatic carbocycles. The van der Waals surface area contributed by atoms with Crippen molar-refractivity contribution >= 4 is 32.9 Å². The van der Waals surface area contributed by atoms with Gasteiger partial charge >= 0.3 is 5.97 Å². The minimum atomic E-state index is -3.85. The van der Waals surface area contributed by atoms with Gasteiger partial charge in [-0.2, -0.15) is 0 Å². The lowest BCUT2D eigenvalue weighted by atomic mass is 10.1. The van der Waals surface area contributed by atoms with Crippen LogP contribution in [0.3, 0.4) is 0 Å². The van der Waals surface area contributed by atoms with E-state index < -0.39 is 16.0 Å². The molecule has 0 spiro atoms. The standard InChI is InChI=1S/C23H28N4O5S/c1-3-4-13-27-20-10-9-17(33(24,30)31)14-19(20)26-21(27)15-32-22(28)11-12-25-23(29)18-8-6-5-7-16(18)2/h5-10,14H,3-4,11-13,15H2,1-2H3,(H,25,29)(H2,24,30,31). The highest BCUT2D eigenvalue weighted by Gasteiger charge is 2.16. The number of benzene rings is 2. The summed E-state index contributed by atoms with van der Waals surface area (Å²) in [6, 6.07) is 11.7. The lowest BCUT2D eigenvalue weighted by Gasteiger charge is -2.10. The molecule has 0 aliphatic rings. The third kappa shape index (κ3) is 6.17. The Morgan fingerprint density at radius 1 is 1.18 bits per heavy atom. The van der Waals surface area contributed by atoms with Gasteiger partial charge in [0.1, 0.15) is 12.4 Å². The number of imidazole rings is 1. The van der Waals surface area contributed by atoms with E-state index in [0.717, 1.165) is 23.9 Å². The average molecular weight is 473 g/mol. The molecule has 176 valence electrons. The number of nitrogens with zero attached hydrogens (tertiary/aromatic N) is 2. The summed E-state index contributed by atoms with van der Waals surface area (Å²) in [6.45, 7) is 4.65. The van der Waals surface area contributed by atoms with Gasteiger partial charge in [0.2, 0.25) is 10.0 Å². The summed E-state index contributed by atoms with van der Waals surface area (Å²) >= 11 is 0. The van der Waals surface area contributed by atoms with E-state index in [4.69, 9.17) is 9.88 Å². The second kappa shape index (κ2) is 10.6. The number of rotatable bonds is 10. The quantitative estimate of drug-likeness (QED) is 0.436.